The summed E-state index contributed by atoms with van der Waals surface area (Å²) in [5.41, 5.74) is 4.89. The molecule has 0 aliphatic heterocycles. The molecule has 0 unspecified atom stereocenters. The van der Waals surface area contributed by atoms with Crippen LogP contribution in [0.25, 0.3) is 11.0 Å². The van der Waals surface area contributed by atoms with E-state index in [1.165, 1.54) is 0 Å². The highest BCUT2D eigenvalue weighted by atomic mass is 16.1. The van der Waals surface area contributed by atoms with Gasteiger partial charge in [-0.3, -0.25) is 14.8 Å². The largest absolute Gasteiger partial charge is 0.320 e. The fraction of sp³-hybridized carbons (Fsp3) is 0.118. The van der Waals surface area contributed by atoms with Crippen LogP contribution in [-0.4, -0.2) is 15.9 Å². The number of benzene rings is 1. The first kappa shape index (κ1) is 13.2. The molecule has 2 heterocycles. The van der Waals surface area contributed by atoms with Gasteiger partial charge in [0.15, 0.2) is 0 Å². The van der Waals surface area contributed by atoms with Crippen molar-refractivity contribution in [1.29, 1.82) is 0 Å². The summed E-state index contributed by atoms with van der Waals surface area (Å²) in [6.45, 7) is 3.94. The van der Waals surface area contributed by atoms with E-state index in [9.17, 15) is 4.79 Å². The van der Waals surface area contributed by atoms with Crippen LogP contribution < -0.4 is 5.32 Å². The summed E-state index contributed by atoms with van der Waals surface area (Å²) in [4.78, 5) is 21.0. The van der Waals surface area contributed by atoms with Crippen LogP contribution in [0, 0.1) is 13.8 Å². The number of carbonyl (C=O) groups excluding carboxylic acids is 1. The number of hydrogen-bond donors (Lipinski definition) is 1. The molecular weight excluding hydrogens is 262 g/mol. The Morgan fingerprint density at radius 1 is 1.05 bits per heavy atom. The van der Waals surface area contributed by atoms with Crippen molar-refractivity contribution in [1.82, 2.24) is 9.97 Å². The fourth-order valence-electron chi connectivity index (χ4n) is 2.34. The number of aromatic nitrogens is 2. The minimum Gasteiger partial charge on any atom is -0.320 e. The van der Waals surface area contributed by atoms with E-state index < -0.39 is 0 Å². The van der Waals surface area contributed by atoms with E-state index >= 15 is 0 Å². The second-order valence-corrected chi connectivity index (χ2v) is 5.00. The summed E-state index contributed by atoms with van der Waals surface area (Å²) in [6.07, 6.45) is 3.36. The lowest BCUT2D eigenvalue weighted by Gasteiger charge is -2.09. The average molecular weight is 277 g/mol. The second kappa shape index (κ2) is 5.32. The summed E-state index contributed by atoms with van der Waals surface area (Å²) in [7, 11) is 0. The SMILES string of the molecule is Cc1ccc(C(=O)Nc2ccnc3cccnc23)c(C)c1. The number of carbonyl (C=O) groups is 1. The number of nitrogens with zero attached hydrogens (tertiary/aromatic N) is 2. The van der Waals surface area contributed by atoms with E-state index in [4.69, 9.17) is 0 Å². The molecule has 1 amide bonds. The van der Waals surface area contributed by atoms with Gasteiger partial charge in [0.05, 0.1) is 11.2 Å². The Morgan fingerprint density at radius 3 is 2.71 bits per heavy atom. The third-order valence-electron chi connectivity index (χ3n) is 3.37. The van der Waals surface area contributed by atoms with E-state index in [1.54, 1.807) is 18.5 Å². The first-order valence-corrected chi connectivity index (χ1v) is 6.73. The molecule has 21 heavy (non-hydrogen) atoms. The third-order valence-corrected chi connectivity index (χ3v) is 3.37. The number of anilines is 1. The van der Waals surface area contributed by atoms with Gasteiger partial charge in [0, 0.05) is 18.0 Å². The second-order valence-electron chi connectivity index (χ2n) is 5.00. The minimum atomic E-state index is -0.134. The van der Waals surface area contributed by atoms with Crippen molar-refractivity contribution in [2.24, 2.45) is 0 Å². The monoisotopic (exact) mass is 277 g/mol. The maximum Gasteiger partial charge on any atom is 0.255 e. The molecule has 0 aliphatic carbocycles. The molecule has 4 nitrogen and oxygen atoms in total. The van der Waals surface area contributed by atoms with Crippen molar-refractivity contribution in [3.05, 3.63) is 65.5 Å². The summed E-state index contributed by atoms with van der Waals surface area (Å²) in [5, 5.41) is 2.92. The topological polar surface area (TPSA) is 54.9 Å². The normalized spacial score (nSPS) is 10.6. The quantitative estimate of drug-likeness (QED) is 0.780. The van der Waals surface area contributed by atoms with Gasteiger partial charge < -0.3 is 5.32 Å². The van der Waals surface area contributed by atoms with Crippen molar-refractivity contribution >= 4 is 22.6 Å². The van der Waals surface area contributed by atoms with Crippen molar-refractivity contribution in [2.75, 3.05) is 5.32 Å². The van der Waals surface area contributed by atoms with Gasteiger partial charge in [-0.05, 0) is 43.7 Å². The number of aryl methyl sites for hydroxylation is 2. The van der Waals surface area contributed by atoms with E-state index in [0.717, 1.165) is 16.6 Å². The standard InChI is InChI=1S/C17H15N3O/c1-11-5-6-13(12(2)10-11)17(21)20-15-7-9-18-14-4-3-8-19-16(14)15/h3-10H,1-2H3,(H,18,20,21). The molecule has 0 saturated carbocycles. The van der Waals surface area contributed by atoms with Gasteiger partial charge in [-0.25, -0.2) is 0 Å². The van der Waals surface area contributed by atoms with Crippen molar-refractivity contribution in [3.8, 4) is 0 Å². The highest BCUT2D eigenvalue weighted by Crippen LogP contribution is 2.20. The molecule has 0 radical (unpaired) electrons. The summed E-state index contributed by atoms with van der Waals surface area (Å²) in [6, 6.07) is 11.2. The van der Waals surface area contributed by atoms with Crippen LogP contribution in [0.2, 0.25) is 0 Å². The van der Waals surface area contributed by atoms with Crippen LogP contribution >= 0.6 is 0 Å². The van der Waals surface area contributed by atoms with Crippen LogP contribution in [0.1, 0.15) is 21.5 Å². The molecule has 2 aromatic heterocycles. The molecule has 0 fully saturated rings. The third kappa shape index (κ3) is 2.60. The Balaban J connectivity index is 1.97. The highest BCUT2D eigenvalue weighted by molar-refractivity contribution is 6.08. The zero-order valence-corrected chi connectivity index (χ0v) is 11.9. The molecule has 1 N–H and O–H groups in total. The molecule has 0 bridgehead atoms. The molecule has 0 saturated heterocycles. The van der Waals surface area contributed by atoms with E-state index in [0.29, 0.717) is 16.8 Å². The molecule has 4 heteroatoms. The van der Waals surface area contributed by atoms with Crippen LogP contribution in [0.3, 0.4) is 0 Å². The van der Waals surface area contributed by atoms with Crippen molar-refractivity contribution < 1.29 is 4.79 Å². The van der Waals surface area contributed by atoms with Crippen molar-refractivity contribution in [2.45, 2.75) is 13.8 Å². The van der Waals surface area contributed by atoms with E-state index in [-0.39, 0.29) is 5.91 Å². The molecule has 104 valence electrons. The van der Waals surface area contributed by atoms with Gasteiger partial charge in [-0.15, -0.1) is 0 Å². The predicted molar refractivity (Wildman–Crippen MR) is 83.4 cm³/mol. The maximum absolute atomic E-state index is 12.4. The number of rotatable bonds is 2. The minimum absolute atomic E-state index is 0.134. The smallest absolute Gasteiger partial charge is 0.255 e. The summed E-state index contributed by atoms with van der Waals surface area (Å²) < 4.78 is 0. The fourth-order valence-corrected chi connectivity index (χ4v) is 2.34. The zero-order chi connectivity index (χ0) is 14.8. The first-order valence-electron chi connectivity index (χ1n) is 6.73. The number of amides is 1. The molecule has 3 aromatic rings. The molecular formula is C17H15N3O. The molecule has 0 atom stereocenters. The predicted octanol–water partition coefficient (Wildman–Crippen LogP) is 3.50. The van der Waals surface area contributed by atoms with Crippen LogP contribution in [0.5, 0.6) is 0 Å². The number of fused-ring (bicyclic) bond motifs is 1. The first-order chi connectivity index (χ1) is 10.1. The van der Waals surface area contributed by atoms with Gasteiger partial charge in [-0.2, -0.15) is 0 Å². The van der Waals surface area contributed by atoms with Crippen LogP contribution in [0.15, 0.2) is 48.8 Å². The Bertz CT molecular complexity index is 822. The summed E-state index contributed by atoms with van der Waals surface area (Å²) in [5.74, 6) is -0.134. The van der Waals surface area contributed by atoms with Crippen LogP contribution in [-0.2, 0) is 0 Å². The maximum atomic E-state index is 12.4. The zero-order valence-electron chi connectivity index (χ0n) is 11.9. The Hall–Kier alpha value is -2.75. The number of pyridine rings is 2. The lowest BCUT2D eigenvalue weighted by Crippen LogP contribution is -2.14. The summed E-state index contributed by atoms with van der Waals surface area (Å²) >= 11 is 0. The van der Waals surface area contributed by atoms with Gasteiger partial charge in [-0.1, -0.05) is 17.7 Å². The Kier molecular flexibility index (Phi) is 3.36. The Labute approximate surface area is 122 Å². The number of nitrogens with one attached hydrogen (secondary N) is 1. The van der Waals surface area contributed by atoms with E-state index in [2.05, 4.69) is 15.3 Å². The van der Waals surface area contributed by atoms with Crippen molar-refractivity contribution in [3.63, 3.8) is 0 Å². The van der Waals surface area contributed by atoms with Gasteiger partial charge in [0.1, 0.15) is 5.52 Å². The Morgan fingerprint density at radius 2 is 1.90 bits per heavy atom. The van der Waals surface area contributed by atoms with Gasteiger partial charge >= 0.3 is 0 Å². The molecule has 1 aromatic carbocycles. The molecule has 0 aliphatic rings. The molecule has 0 spiro atoms. The number of hydrogen-bond acceptors (Lipinski definition) is 3. The highest BCUT2D eigenvalue weighted by Gasteiger charge is 2.11. The lowest BCUT2D eigenvalue weighted by molar-refractivity contribution is 0.102. The van der Waals surface area contributed by atoms with Crippen LogP contribution in [0.4, 0.5) is 5.69 Å². The van der Waals surface area contributed by atoms with E-state index in [1.807, 2.05) is 44.2 Å². The average Bonchev–Trinajstić information content (AvgIpc) is 2.47. The molecule has 3 rings (SSSR count). The lowest BCUT2D eigenvalue weighted by atomic mass is 10.1. The van der Waals surface area contributed by atoms with Gasteiger partial charge in [0.25, 0.3) is 5.91 Å². The van der Waals surface area contributed by atoms with Gasteiger partial charge in [0.2, 0.25) is 0 Å².